The summed E-state index contributed by atoms with van der Waals surface area (Å²) in [6, 6.07) is 16.1. The van der Waals surface area contributed by atoms with Gasteiger partial charge in [0, 0.05) is 5.92 Å². The van der Waals surface area contributed by atoms with E-state index >= 15 is 0 Å². The Balaban J connectivity index is 1.47. The summed E-state index contributed by atoms with van der Waals surface area (Å²) in [5.74, 6) is 0.722. The van der Waals surface area contributed by atoms with Crippen LogP contribution in [0.4, 0.5) is 0 Å². The molecule has 0 bridgehead atoms. The van der Waals surface area contributed by atoms with E-state index in [0.29, 0.717) is 40.6 Å². The Kier molecular flexibility index (Phi) is 5.29. The highest BCUT2D eigenvalue weighted by molar-refractivity contribution is 5.96. The maximum atomic E-state index is 12.8. The average Bonchev–Trinajstić information content (AvgIpc) is 3.52. The first-order valence-electron chi connectivity index (χ1n) is 11.4. The topological polar surface area (TPSA) is 89.5 Å². The third-order valence-electron chi connectivity index (χ3n) is 6.64. The van der Waals surface area contributed by atoms with Crippen molar-refractivity contribution in [1.29, 1.82) is 0 Å². The van der Waals surface area contributed by atoms with Crippen LogP contribution in [-0.4, -0.2) is 39.6 Å². The molecule has 8 heteroatoms. The van der Waals surface area contributed by atoms with Crippen LogP contribution >= 0.6 is 0 Å². The minimum atomic E-state index is -0.542. The van der Waals surface area contributed by atoms with E-state index in [1.54, 1.807) is 36.4 Å². The minimum Gasteiger partial charge on any atom is -0.493 e. The standard InChI is InChI=1S/C28H22O8/c1-31-22-10-17(11-23(32-2)26(22)36-27(29)15-6-4-3-5-7-15)24-19-12-21-20(34-14-35-21)9-16(19)8-18-13-33-28(30)25(18)24/h3-7,9-12,24H,8,13-14H2,1-2H3/t24-/m1/s1. The highest BCUT2D eigenvalue weighted by atomic mass is 16.7. The van der Waals surface area contributed by atoms with E-state index in [0.717, 1.165) is 22.3 Å². The Labute approximate surface area is 206 Å². The molecule has 3 aromatic rings. The lowest BCUT2D eigenvalue weighted by molar-refractivity contribution is -0.136. The van der Waals surface area contributed by atoms with Crippen LogP contribution in [-0.2, 0) is 16.0 Å². The van der Waals surface area contributed by atoms with Gasteiger partial charge >= 0.3 is 11.9 Å². The molecular weight excluding hydrogens is 464 g/mol. The van der Waals surface area contributed by atoms with Gasteiger partial charge < -0.3 is 28.4 Å². The van der Waals surface area contributed by atoms with Crippen molar-refractivity contribution in [2.75, 3.05) is 27.6 Å². The molecule has 0 aromatic heterocycles. The van der Waals surface area contributed by atoms with Crippen LogP contribution in [0.3, 0.4) is 0 Å². The van der Waals surface area contributed by atoms with Gasteiger partial charge in [-0.3, -0.25) is 0 Å². The number of hydrogen-bond acceptors (Lipinski definition) is 8. The molecule has 36 heavy (non-hydrogen) atoms. The monoisotopic (exact) mass is 486 g/mol. The number of hydrogen-bond donors (Lipinski definition) is 0. The summed E-state index contributed by atoms with van der Waals surface area (Å²) in [6.45, 7) is 0.404. The van der Waals surface area contributed by atoms with Gasteiger partial charge in [-0.25, -0.2) is 9.59 Å². The molecule has 0 spiro atoms. The maximum Gasteiger partial charge on any atom is 0.343 e. The maximum absolute atomic E-state index is 12.8. The first-order valence-corrected chi connectivity index (χ1v) is 11.4. The Morgan fingerprint density at radius 3 is 2.31 bits per heavy atom. The highest BCUT2D eigenvalue weighted by Crippen LogP contribution is 2.50. The number of ether oxygens (including phenoxy) is 6. The van der Waals surface area contributed by atoms with Gasteiger partial charge in [0.1, 0.15) is 6.61 Å². The van der Waals surface area contributed by atoms with Gasteiger partial charge in [-0.05, 0) is 65.1 Å². The van der Waals surface area contributed by atoms with E-state index in [9.17, 15) is 9.59 Å². The number of benzene rings is 3. The first-order chi connectivity index (χ1) is 17.6. The molecule has 8 nitrogen and oxygen atoms in total. The smallest absolute Gasteiger partial charge is 0.343 e. The number of fused-ring (bicyclic) bond motifs is 2. The molecule has 0 amide bonds. The second kappa shape index (κ2) is 8.64. The molecule has 182 valence electrons. The zero-order chi connectivity index (χ0) is 24.8. The fraction of sp³-hybridized carbons (Fsp3) is 0.214. The molecule has 0 saturated heterocycles. The minimum absolute atomic E-state index is 0.154. The van der Waals surface area contributed by atoms with Gasteiger partial charge in [-0.1, -0.05) is 18.2 Å². The van der Waals surface area contributed by atoms with E-state index in [-0.39, 0.29) is 25.1 Å². The highest BCUT2D eigenvalue weighted by Gasteiger charge is 2.40. The molecule has 2 heterocycles. The Morgan fingerprint density at radius 2 is 1.61 bits per heavy atom. The van der Waals surface area contributed by atoms with Crippen molar-refractivity contribution in [3.8, 4) is 28.7 Å². The summed E-state index contributed by atoms with van der Waals surface area (Å²) >= 11 is 0. The van der Waals surface area contributed by atoms with Crippen LogP contribution < -0.4 is 23.7 Å². The summed E-state index contributed by atoms with van der Waals surface area (Å²) in [5.41, 5.74) is 4.59. The van der Waals surface area contributed by atoms with Gasteiger partial charge in [-0.2, -0.15) is 0 Å². The zero-order valence-corrected chi connectivity index (χ0v) is 19.7. The predicted molar refractivity (Wildman–Crippen MR) is 127 cm³/mol. The quantitative estimate of drug-likeness (QED) is 0.392. The molecule has 1 atom stereocenters. The SMILES string of the molecule is COc1cc([C@H]2C3=C(COC3=O)Cc3cc4c(cc32)OCO4)cc(OC)c1OC(=O)c1ccccc1. The lowest BCUT2D eigenvalue weighted by Crippen LogP contribution is -2.18. The summed E-state index contributed by atoms with van der Waals surface area (Å²) < 4.78 is 33.5. The molecule has 6 rings (SSSR count). The van der Waals surface area contributed by atoms with Crippen LogP contribution in [0, 0.1) is 0 Å². The largest absolute Gasteiger partial charge is 0.493 e. The Morgan fingerprint density at radius 1 is 0.917 bits per heavy atom. The van der Waals surface area contributed by atoms with Crippen LogP contribution in [0.15, 0.2) is 65.7 Å². The summed E-state index contributed by atoms with van der Waals surface area (Å²) in [6.07, 6.45) is 0.588. The molecule has 0 N–H and O–H groups in total. The molecule has 0 fully saturated rings. The van der Waals surface area contributed by atoms with Gasteiger partial charge in [0.15, 0.2) is 23.0 Å². The van der Waals surface area contributed by atoms with Gasteiger partial charge in [0.05, 0.1) is 25.4 Å². The second-order valence-electron chi connectivity index (χ2n) is 8.62. The summed E-state index contributed by atoms with van der Waals surface area (Å²) in [5, 5.41) is 0. The lowest BCUT2D eigenvalue weighted by Gasteiger charge is -2.27. The fourth-order valence-corrected chi connectivity index (χ4v) is 4.97. The molecule has 0 unspecified atom stereocenters. The summed E-state index contributed by atoms with van der Waals surface area (Å²) in [4.78, 5) is 25.6. The zero-order valence-electron chi connectivity index (χ0n) is 19.7. The van der Waals surface area contributed by atoms with Crippen molar-refractivity contribution < 1.29 is 38.0 Å². The Bertz CT molecular complexity index is 1400. The van der Waals surface area contributed by atoms with Crippen molar-refractivity contribution in [3.63, 3.8) is 0 Å². The second-order valence-corrected chi connectivity index (χ2v) is 8.62. The number of carbonyl (C=O) groups excluding carboxylic acids is 2. The number of esters is 2. The van der Waals surface area contributed by atoms with Crippen molar-refractivity contribution >= 4 is 11.9 Å². The molecule has 2 aliphatic heterocycles. The first kappa shape index (κ1) is 22.0. The fourth-order valence-electron chi connectivity index (χ4n) is 4.97. The third-order valence-corrected chi connectivity index (χ3v) is 6.64. The summed E-state index contributed by atoms with van der Waals surface area (Å²) in [7, 11) is 2.97. The number of cyclic esters (lactones) is 1. The van der Waals surface area contributed by atoms with Crippen LogP contribution in [0.5, 0.6) is 28.7 Å². The van der Waals surface area contributed by atoms with E-state index in [2.05, 4.69) is 0 Å². The average molecular weight is 486 g/mol. The molecular formula is C28H22O8. The number of carbonyl (C=O) groups is 2. The predicted octanol–water partition coefficient (Wildman–Crippen LogP) is 4.19. The van der Waals surface area contributed by atoms with Crippen LogP contribution in [0.25, 0.3) is 0 Å². The molecule has 0 radical (unpaired) electrons. The normalized spacial score (nSPS) is 17.3. The van der Waals surface area contributed by atoms with Crippen LogP contribution in [0.1, 0.15) is 33.0 Å². The molecule has 3 aromatic carbocycles. The molecule has 3 aliphatic rings. The van der Waals surface area contributed by atoms with Crippen molar-refractivity contribution in [3.05, 3.63) is 88.0 Å². The third kappa shape index (κ3) is 3.53. The molecule has 1 aliphatic carbocycles. The number of methoxy groups -OCH3 is 2. The van der Waals surface area contributed by atoms with E-state index < -0.39 is 11.9 Å². The number of rotatable bonds is 5. The van der Waals surface area contributed by atoms with Gasteiger partial charge in [0.2, 0.25) is 12.5 Å². The van der Waals surface area contributed by atoms with Crippen LogP contribution in [0.2, 0.25) is 0 Å². The lowest BCUT2D eigenvalue weighted by atomic mass is 9.75. The Hall–Kier alpha value is -4.46. The van der Waals surface area contributed by atoms with E-state index in [4.69, 9.17) is 28.4 Å². The van der Waals surface area contributed by atoms with Gasteiger partial charge in [-0.15, -0.1) is 0 Å². The van der Waals surface area contributed by atoms with Crippen molar-refractivity contribution in [2.45, 2.75) is 12.3 Å². The van der Waals surface area contributed by atoms with Crippen molar-refractivity contribution in [1.82, 2.24) is 0 Å². The van der Waals surface area contributed by atoms with E-state index in [1.165, 1.54) is 14.2 Å². The van der Waals surface area contributed by atoms with Gasteiger partial charge in [0.25, 0.3) is 0 Å². The molecule has 0 saturated carbocycles. The van der Waals surface area contributed by atoms with Crippen molar-refractivity contribution in [2.24, 2.45) is 0 Å². The van der Waals surface area contributed by atoms with E-state index in [1.807, 2.05) is 18.2 Å².